The van der Waals surface area contributed by atoms with Gasteiger partial charge in [-0.25, -0.2) is 0 Å². The summed E-state index contributed by atoms with van der Waals surface area (Å²) >= 11 is 0. The molecule has 4 nitrogen and oxygen atoms in total. The molecule has 0 aromatic heterocycles. The van der Waals surface area contributed by atoms with Crippen LogP contribution in [0.15, 0.2) is 24.3 Å². The highest BCUT2D eigenvalue weighted by atomic mass is 35.5. The molecule has 0 bridgehead atoms. The van der Waals surface area contributed by atoms with E-state index in [9.17, 15) is 4.79 Å². The molecule has 1 heterocycles. The van der Waals surface area contributed by atoms with Crippen molar-refractivity contribution in [3.8, 4) is 0 Å². The number of hydrogen-bond acceptors (Lipinski definition) is 3. The molecule has 1 aliphatic carbocycles. The number of carbonyl (C=O) groups excluding carboxylic acids is 1. The van der Waals surface area contributed by atoms with Crippen LogP contribution >= 0.6 is 24.8 Å². The van der Waals surface area contributed by atoms with E-state index < -0.39 is 0 Å². The molecule has 1 saturated heterocycles. The first-order chi connectivity index (χ1) is 10.6. The molecule has 3 rings (SSSR count). The van der Waals surface area contributed by atoms with Crippen LogP contribution in [0.25, 0.3) is 0 Å². The molecule has 0 radical (unpaired) electrons. The third-order valence-corrected chi connectivity index (χ3v) is 5.02. The summed E-state index contributed by atoms with van der Waals surface area (Å²) < 4.78 is 0. The second-order valence-corrected chi connectivity index (χ2v) is 6.77. The van der Waals surface area contributed by atoms with Crippen LogP contribution in [-0.4, -0.2) is 43.0 Å². The smallest absolute Gasteiger partial charge is 0.225 e. The van der Waals surface area contributed by atoms with Crippen LogP contribution in [0.1, 0.15) is 31.2 Å². The van der Waals surface area contributed by atoms with Crippen molar-refractivity contribution < 1.29 is 4.79 Å². The van der Waals surface area contributed by atoms with E-state index in [-0.39, 0.29) is 36.8 Å². The Balaban J connectivity index is 0.00000144. The Bertz CT molecular complexity index is 533. The van der Waals surface area contributed by atoms with Gasteiger partial charge in [0, 0.05) is 43.8 Å². The fraction of sp³-hybridized carbons (Fsp3) is 0.611. The maximum Gasteiger partial charge on any atom is 0.225 e. The average Bonchev–Trinajstić information content (AvgIpc) is 2.54. The maximum absolute atomic E-state index is 12.6. The quantitative estimate of drug-likeness (QED) is 0.866. The zero-order valence-electron chi connectivity index (χ0n) is 14.3. The first kappa shape index (κ1) is 21.1. The Labute approximate surface area is 157 Å². The van der Waals surface area contributed by atoms with Gasteiger partial charge in [0.05, 0.1) is 0 Å². The molecule has 2 N–H and O–H groups in total. The van der Waals surface area contributed by atoms with E-state index in [2.05, 4.69) is 41.0 Å². The molecule has 2 fully saturated rings. The Morgan fingerprint density at radius 3 is 2.46 bits per heavy atom. The standard InChI is InChI=1S/C18H27N3O.2ClH/c1-14-4-2-7-17(12-14)20-8-10-21(11-9-20)18(22)15-5-3-6-16(19)13-15;;/h2,4,7,12,15-16H,3,5-6,8-11,13,19H2,1H3;2*1H. The molecule has 1 saturated carbocycles. The van der Waals surface area contributed by atoms with E-state index in [1.54, 1.807) is 0 Å². The van der Waals surface area contributed by atoms with E-state index in [1.165, 1.54) is 11.3 Å². The summed E-state index contributed by atoms with van der Waals surface area (Å²) in [5.41, 5.74) is 8.58. The Morgan fingerprint density at radius 2 is 1.83 bits per heavy atom. The van der Waals surface area contributed by atoms with Gasteiger partial charge in [-0.15, -0.1) is 24.8 Å². The summed E-state index contributed by atoms with van der Waals surface area (Å²) in [4.78, 5) is 17.1. The monoisotopic (exact) mass is 373 g/mol. The number of carbonyl (C=O) groups is 1. The van der Waals surface area contributed by atoms with Crippen LogP contribution in [-0.2, 0) is 4.79 Å². The van der Waals surface area contributed by atoms with Gasteiger partial charge in [-0.1, -0.05) is 18.6 Å². The Morgan fingerprint density at radius 1 is 1.12 bits per heavy atom. The predicted octanol–water partition coefficient (Wildman–Crippen LogP) is 3.00. The lowest BCUT2D eigenvalue weighted by atomic mass is 9.85. The second-order valence-electron chi connectivity index (χ2n) is 6.77. The number of aryl methyl sites for hydroxylation is 1. The summed E-state index contributed by atoms with van der Waals surface area (Å²) in [7, 11) is 0. The average molecular weight is 374 g/mol. The third-order valence-electron chi connectivity index (χ3n) is 5.02. The number of nitrogens with zero attached hydrogens (tertiary/aromatic N) is 2. The third kappa shape index (κ3) is 5.01. The highest BCUT2D eigenvalue weighted by molar-refractivity contribution is 5.85. The van der Waals surface area contributed by atoms with Crippen molar-refractivity contribution in [3.63, 3.8) is 0 Å². The minimum atomic E-state index is 0. The van der Waals surface area contributed by atoms with Gasteiger partial charge in [0.1, 0.15) is 0 Å². The number of rotatable bonds is 2. The molecular weight excluding hydrogens is 345 g/mol. The summed E-state index contributed by atoms with van der Waals surface area (Å²) in [6, 6.07) is 8.82. The number of benzene rings is 1. The normalized spacial score (nSPS) is 23.9. The van der Waals surface area contributed by atoms with Crippen LogP contribution < -0.4 is 10.6 Å². The van der Waals surface area contributed by atoms with Gasteiger partial charge in [-0.05, 0) is 43.9 Å². The van der Waals surface area contributed by atoms with Crippen LogP contribution in [0.4, 0.5) is 5.69 Å². The SMILES string of the molecule is Cc1cccc(N2CCN(C(=O)C3CCCC(N)C3)CC2)c1.Cl.Cl. The van der Waals surface area contributed by atoms with Crippen molar-refractivity contribution in [2.45, 2.75) is 38.6 Å². The van der Waals surface area contributed by atoms with Crippen LogP contribution in [0.2, 0.25) is 0 Å². The Kier molecular flexibility index (Phi) is 8.34. The highest BCUT2D eigenvalue weighted by Crippen LogP contribution is 2.26. The first-order valence-corrected chi connectivity index (χ1v) is 8.49. The number of anilines is 1. The molecule has 0 spiro atoms. The molecule has 2 atom stereocenters. The predicted molar refractivity (Wildman–Crippen MR) is 104 cm³/mol. The number of nitrogens with two attached hydrogens (primary N) is 1. The molecule has 1 aromatic carbocycles. The Hall–Kier alpha value is -0.970. The van der Waals surface area contributed by atoms with Gasteiger partial charge in [0.15, 0.2) is 0 Å². The summed E-state index contributed by atoms with van der Waals surface area (Å²) in [5, 5.41) is 0. The van der Waals surface area contributed by atoms with E-state index in [0.29, 0.717) is 5.91 Å². The van der Waals surface area contributed by atoms with Crippen molar-refractivity contribution in [2.75, 3.05) is 31.1 Å². The fourth-order valence-corrected chi connectivity index (χ4v) is 3.72. The molecule has 6 heteroatoms. The summed E-state index contributed by atoms with van der Waals surface area (Å²) in [6.45, 7) is 5.63. The molecule has 24 heavy (non-hydrogen) atoms. The molecule has 1 amide bonds. The lowest BCUT2D eigenvalue weighted by Gasteiger charge is -2.38. The van der Waals surface area contributed by atoms with E-state index in [4.69, 9.17) is 5.73 Å². The zero-order chi connectivity index (χ0) is 15.5. The minimum Gasteiger partial charge on any atom is -0.368 e. The lowest BCUT2D eigenvalue weighted by Crippen LogP contribution is -2.51. The number of amides is 1. The van der Waals surface area contributed by atoms with Crippen LogP contribution in [0.5, 0.6) is 0 Å². The van der Waals surface area contributed by atoms with Crippen molar-refractivity contribution in [2.24, 2.45) is 11.7 Å². The van der Waals surface area contributed by atoms with Crippen molar-refractivity contribution >= 4 is 36.4 Å². The van der Waals surface area contributed by atoms with Crippen molar-refractivity contribution in [3.05, 3.63) is 29.8 Å². The van der Waals surface area contributed by atoms with Gasteiger partial charge in [0.25, 0.3) is 0 Å². The van der Waals surface area contributed by atoms with E-state index >= 15 is 0 Å². The zero-order valence-corrected chi connectivity index (χ0v) is 16.0. The van der Waals surface area contributed by atoms with Crippen LogP contribution in [0, 0.1) is 12.8 Å². The molecule has 2 unspecified atom stereocenters. The fourth-order valence-electron chi connectivity index (χ4n) is 3.72. The number of halogens is 2. The molecule has 2 aliphatic rings. The largest absolute Gasteiger partial charge is 0.368 e. The maximum atomic E-state index is 12.6. The molecular formula is C18H29Cl2N3O. The van der Waals surface area contributed by atoms with Crippen molar-refractivity contribution in [1.82, 2.24) is 4.90 Å². The molecule has 1 aliphatic heterocycles. The van der Waals surface area contributed by atoms with Crippen molar-refractivity contribution in [1.29, 1.82) is 0 Å². The van der Waals surface area contributed by atoms with Gasteiger partial charge in [-0.2, -0.15) is 0 Å². The van der Waals surface area contributed by atoms with E-state index in [0.717, 1.165) is 51.9 Å². The molecule has 136 valence electrons. The highest BCUT2D eigenvalue weighted by Gasteiger charge is 2.30. The van der Waals surface area contributed by atoms with Gasteiger partial charge >= 0.3 is 0 Å². The van der Waals surface area contributed by atoms with Crippen LogP contribution in [0.3, 0.4) is 0 Å². The first-order valence-electron chi connectivity index (χ1n) is 8.49. The number of piperazine rings is 1. The topological polar surface area (TPSA) is 49.6 Å². The van der Waals surface area contributed by atoms with E-state index in [1.807, 2.05) is 0 Å². The summed E-state index contributed by atoms with van der Waals surface area (Å²) in [6.07, 6.45) is 4.06. The molecule has 1 aromatic rings. The second kappa shape index (κ2) is 9.50. The number of hydrogen-bond donors (Lipinski definition) is 1. The van der Waals surface area contributed by atoms with Gasteiger partial charge in [-0.3, -0.25) is 4.79 Å². The van der Waals surface area contributed by atoms with Gasteiger partial charge in [0.2, 0.25) is 5.91 Å². The minimum absolute atomic E-state index is 0. The van der Waals surface area contributed by atoms with Gasteiger partial charge < -0.3 is 15.5 Å². The summed E-state index contributed by atoms with van der Waals surface area (Å²) in [5.74, 6) is 0.494. The lowest BCUT2D eigenvalue weighted by molar-refractivity contribution is -0.137.